The first-order chi connectivity index (χ1) is 17.0. The fraction of sp³-hybridized carbons (Fsp3) is 0.400. The van der Waals surface area contributed by atoms with Crippen LogP contribution in [0.15, 0.2) is 71.2 Å². The second kappa shape index (κ2) is 13.8. The minimum Gasteiger partial charge on any atom is -1.00 e. The highest BCUT2D eigenvalue weighted by Crippen LogP contribution is 2.31. The van der Waals surface area contributed by atoms with Gasteiger partial charge < -0.3 is 26.4 Å². The quantitative estimate of drug-likeness (QED) is 0.249. The Morgan fingerprint density at radius 1 is 0.811 bits per heavy atom. The normalized spacial score (nSPS) is 11.8. The van der Waals surface area contributed by atoms with Crippen molar-refractivity contribution in [3.8, 4) is 0 Å². The van der Waals surface area contributed by atoms with Gasteiger partial charge in [0.05, 0.1) is 25.2 Å². The van der Waals surface area contributed by atoms with Gasteiger partial charge in [-0.3, -0.25) is 0 Å². The largest absolute Gasteiger partial charge is 1.00 e. The summed E-state index contributed by atoms with van der Waals surface area (Å²) in [7, 11) is 0. The SMILES string of the molecule is CC[N+](CC)(CCCN(Cc1ccc(Br)cc1)c1ccc(C(F)(F)F)cc1)Cc1cc(C)cc(C)c1.[Br-]. The van der Waals surface area contributed by atoms with Crippen molar-refractivity contribution in [1.82, 2.24) is 0 Å². The van der Waals surface area contributed by atoms with Crippen molar-refractivity contribution in [2.75, 3.05) is 31.1 Å². The summed E-state index contributed by atoms with van der Waals surface area (Å²) in [5.74, 6) is 0. The first-order valence-corrected chi connectivity index (χ1v) is 13.4. The Bertz CT molecular complexity index is 1090. The average molecular weight is 642 g/mol. The monoisotopic (exact) mass is 640 g/mol. The molecule has 0 amide bonds. The standard InChI is InChI=1S/C30H37BrF3N2.BrH/c1-5-36(6-2,22-26-19-23(3)18-24(4)20-26)17-7-16-35(21-25-8-12-28(31)13-9-25)29-14-10-27(11-15-29)30(32,33)34;/h8-15,18-20H,5-7,16-17,21-22H2,1-4H3;1H/q+1;/p-1. The van der Waals surface area contributed by atoms with E-state index in [1.807, 2.05) is 12.1 Å². The first-order valence-electron chi connectivity index (χ1n) is 12.6. The molecular formula is C30H37Br2F3N2. The van der Waals surface area contributed by atoms with E-state index in [0.717, 1.165) is 59.4 Å². The van der Waals surface area contributed by atoms with E-state index in [4.69, 9.17) is 0 Å². The minimum absolute atomic E-state index is 0. The number of hydrogen-bond donors (Lipinski definition) is 0. The van der Waals surface area contributed by atoms with E-state index >= 15 is 0 Å². The van der Waals surface area contributed by atoms with Gasteiger partial charge in [-0.15, -0.1) is 0 Å². The molecule has 3 aromatic rings. The lowest BCUT2D eigenvalue weighted by Gasteiger charge is -2.38. The predicted molar refractivity (Wildman–Crippen MR) is 147 cm³/mol. The molecule has 0 aliphatic carbocycles. The zero-order chi connectivity index (χ0) is 26.3. The maximum Gasteiger partial charge on any atom is 0.416 e. The Labute approximate surface area is 239 Å². The number of rotatable bonds is 11. The molecule has 0 aliphatic heterocycles. The van der Waals surface area contributed by atoms with Crippen LogP contribution in [0.2, 0.25) is 0 Å². The zero-order valence-electron chi connectivity index (χ0n) is 22.1. The molecule has 0 bridgehead atoms. The molecule has 0 saturated heterocycles. The van der Waals surface area contributed by atoms with Crippen LogP contribution in [-0.2, 0) is 19.3 Å². The van der Waals surface area contributed by atoms with Gasteiger partial charge in [-0.2, -0.15) is 13.2 Å². The van der Waals surface area contributed by atoms with Crippen molar-refractivity contribution in [1.29, 1.82) is 0 Å². The Kier molecular flexibility index (Phi) is 11.7. The molecule has 0 N–H and O–H groups in total. The maximum absolute atomic E-state index is 13.1. The topological polar surface area (TPSA) is 3.24 Å². The van der Waals surface area contributed by atoms with Gasteiger partial charge in [0.25, 0.3) is 0 Å². The Morgan fingerprint density at radius 3 is 1.89 bits per heavy atom. The van der Waals surface area contributed by atoms with Crippen molar-refractivity contribution in [3.05, 3.63) is 99.0 Å². The summed E-state index contributed by atoms with van der Waals surface area (Å²) in [6.45, 7) is 14.3. The zero-order valence-corrected chi connectivity index (χ0v) is 25.3. The molecule has 0 spiro atoms. The van der Waals surface area contributed by atoms with Crippen LogP contribution in [0.5, 0.6) is 0 Å². The molecule has 202 valence electrons. The summed E-state index contributed by atoms with van der Waals surface area (Å²) in [4.78, 5) is 2.19. The second-order valence-corrected chi connectivity index (χ2v) is 10.7. The molecule has 2 nitrogen and oxygen atoms in total. The highest BCUT2D eigenvalue weighted by molar-refractivity contribution is 9.10. The van der Waals surface area contributed by atoms with E-state index in [2.05, 4.69) is 78.9 Å². The molecule has 0 radical (unpaired) electrons. The van der Waals surface area contributed by atoms with E-state index in [1.165, 1.54) is 28.8 Å². The third kappa shape index (κ3) is 9.15. The minimum atomic E-state index is -4.33. The van der Waals surface area contributed by atoms with Gasteiger partial charge in [0.2, 0.25) is 0 Å². The summed E-state index contributed by atoms with van der Waals surface area (Å²) in [6.07, 6.45) is -3.38. The van der Waals surface area contributed by atoms with Crippen molar-refractivity contribution in [3.63, 3.8) is 0 Å². The first kappa shape index (κ1) is 31.4. The van der Waals surface area contributed by atoms with Crippen molar-refractivity contribution >= 4 is 21.6 Å². The molecule has 37 heavy (non-hydrogen) atoms. The van der Waals surface area contributed by atoms with Gasteiger partial charge in [-0.25, -0.2) is 0 Å². The lowest BCUT2D eigenvalue weighted by atomic mass is 10.1. The summed E-state index contributed by atoms with van der Waals surface area (Å²) < 4.78 is 41.4. The highest BCUT2D eigenvalue weighted by Gasteiger charge is 2.30. The van der Waals surface area contributed by atoms with Crippen molar-refractivity contribution < 1.29 is 34.6 Å². The highest BCUT2D eigenvalue weighted by atomic mass is 79.9. The molecule has 0 aromatic heterocycles. The Hall–Kier alpha value is -1.83. The summed E-state index contributed by atoms with van der Waals surface area (Å²) >= 11 is 3.48. The number of hydrogen-bond acceptors (Lipinski definition) is 1. The fourth-order valence-corrected chi connectivity index (χ4v) is 5.22. The summed E-state index contributed by atoms with van der Waals surface area (Å²) in [5.41, 5.74) is 5.27. The molecule has 0 unspecified atom stereocenters. The lowest BCUT2D eigenvalue weighted by molar-refractivity contribution is -0.937. The number of aryl methyl sites for hydroxylation is 2. The van der Waals surface area contributed by atoms with E-state index in [0.29, 0.717) is 6.54 Å². The van der Waals surface area contributed by atoms with Gasteiger partial charge in [0, 0.05) is 35.2 Å². The number of alkyl halides is 3. The van der Waals surface area contributed by atoms with Gasteiger partial charge in [-0.05, 0) is 69.7 Å². The summed E-state index contributed by atoms with van der Waals surface area (Å²) in [5, 5.41) is 0. The lowest BCUT2D eigenvalue weighted by Crippen LogP contribution is -3.00. The number of anilines is 1. The summed E-state index contributed by atoms with van der Waals surface area (Å²) in [6, 6.07) is 20.4. The molecule has 3 rings (SSSR count). The third-order valence-corrected chi connectivity index (χ3v) is 7.58. The average Bonchev–Trinajstić information content (AvgIpc) is 2.83. The van der Waals surface area contributed by atoms with Crippen LogP contribution >= 0.6 is 15.9 Å². The van der Waals surface area contributed by atoms with Gasteiger partial charge >= 0.3 is 6.18 Å². The number of benzene rings is 3. The molecule has 7 heteroatoms. The fourth-order valence-electron chi connectivity index (χ4n) is 4.96. The van der Waals surface area contributed by atoms with Gasteiger partial charge in [-0.1, -0.05) is 57.4 Å². The van der Waals surface area contributed by atoms with E-state index in [-0.39, 0.29) is 17.0 Å². The van der Waals surface area contributed by atoms with Crippen LogP contribution in [0.25, 0.3) is 0 Å². The smallest absolute Gasteiger partial charge is 0.416 e. The van der Waals surface area contributed by atoms with Crippen LogP contribution < -0.4 is 21.9 Å². The predicted octanol–water partition coefficient (Wildman–Crippen LogP) is 5.54. The number of nitrogens with zero attached hydrogens (tertiary/aromatic N) is 2. The molecule has 0 fully saturated rings. The second-order valence-electron chi connectivity index (χ2n) is 9.80. The van der Waals surface area contributed by atoms with Crippen LogP contribution in [0.3, 0.4) is 0 Å². The van der Waals surface area contributed by atoms with E-state index in [1.54, 1.807) is 12.1 Å². The van der Waals surface area contributed by atoms with E-state index in [9.17, 15) is 13.2 Å². The van der Waals surface area contributed by atoms with Crippen molar-refractivity contribution in [2.45, 2.75) is 53.4 Å². The molecule has 3 aromatic carbocycles. The van der Waals surface area contributed by atoms with Crippen LogP contribution in [-0.4, -0.2) is 30.7 Å². The molecule has 0 atom stereocenters. The Balaban J connectivity index is 0.00000481. The van der Waals surface area contributed by atoms with Gasteiger partial charge in [0.1, 0.15) is 6.54 Å². The molecule has 0 aliphatic rings. The molecular weight excluding hydrogens is 605 g/mol. The maximum atomic E-state index is 13.1. The van der Waals surface area contributed by atoms with E-state index < -0.39 is 11.7 Å². The van der Waals surface area contributed by atoms with Crippen LogP contribution in [0, 0.1) is 13.8 Å². The third-order valence-electron chi connectivity index (χ3n) is 7.05. The number of halogens is 5. The number of quaternary nitrogens is 1. The van der Waals surface area contributed by atoms with Crippen molar-refractivity contribution in [2.24, 2.45) is 0 Å². The van der Waals surface area contributed by atoms with Crippen LogP contribution in [0.4, 0.5) is 18.9 Å². The van der Waals surface area contributed by atoms with Crippen LogP contribution in [0.1, 0.15) is 48.1 Å². The Morgan fingerprint density at radius 2 is 1.38 bits per heavy atom. The van der Waals surface area contributed by atoms with Gasteiger partial charge in [0.15, 0.2) is 0 Å². The molecule has 0 saturated carbocycles. The molecule has 0 heterocycles.